The first-order valence-electron chi connectivity index (χ1n) is 14.8. The van der Waals surface area contributed by atoms with E-state index in [2.05, 4.69) is 43.9 Å². The quantitative estimate of drug-likeness (QED) is 0.568. The molecule has 2 aromatic heterocycles. The van der Waals surface area contributed by atoms with Crippen molar-refractivity contribution in [1.82, 2.24) is 30.1 Å². The Morgan fingerprint density at radius 2 is 1.62 bits per heavy atom. The Hall–Kier alpha value is -2.53. The summed E-state index contributed by atoms with van der Waals surface area (Å²) in [5.41, 5.74) is -0.621. The molecule has 2 aromatic rings. The van der Waals surface area contributed by atoms with Crippen molar-refractivity contribution in [1.29, 1.82) is 0 Å². The lowest BCUT2D eigenvalue weighted by Crippen LogP contribution is -2.46. The zero-order valence-corrected chi connectivity index (χ0v) is 23.5. The molecule has 218 valence electrons. The molecule has 0 bridgehead atoms. The van der Waals surface area contributed by atoms with Gasteiger partial charge in [0.2, 0.25) is 5.82 Å². The number of piperidine rings is 2. The predicted molar refractivity (Wildman–Crippen MR) is 147 cm³/mol. The number of nitrogens with one attached hydrogen (secondary N) is 1. The number of pyridine rings is 1. The Morgan fingerprint density at radius 1 is 0.975 bits per heavy atom. The van der Waals surface area contributed by atoms with E-state index in [1.54, 1.807) is 0 Å². The van der Waals surface area contributed by atoms with Crippen LogP contribution >= 0.6 is 0 Å². The Balaban J connectivity index is 1.06. The summed E-state index contributed by atoms with van der Waals surface area (Å²) in [5.74, 6) is 1.22. The average molecular weight is 560 g/mol. The Bertz CT molecular complexity index is 1220. The van der Waals surface area contributed by atoms with Crippen molar-refractivity contribution >= 4 is 22.8 Å². The van der Waals surface area contributed by atoms with Crippen LogP contribution in [0.4, 0.5) is 19.0 Å². The van der Waals surface area contributed by atoms with Gasteiger partial charge in [-0.3, -0.25) is 4.79 Å². The second-order valence-corrected chi connectivity index (χ2v) is 12.7. The van der Waals surface area contributed by atoms with E-state index in [-0.39, 0.29) is 22.9 Å². The van der Waals surface area contributed by atoms with Crippen LogP contribution in [0.2, 0.25) is 0 Å². The fraction of sp³-hybridized carbons (Fsp3) is 0.724. The van der Waals surface area contributed by atoms with E-state index >= 15 is 0 Å². The number of rotatable bonds is 6. The van der Waals surface area contributed by atoms with Gasteiger partial charge in [0.05, 0.1) is 11.8 Å². The van der Waals surface area contributed by atoms with Crippen molar-refractivity contribution in [3.63, 3.8) is 0 Å². The highest BCUT2D eigenvalue weighted by Gasteiger charge is 2.61. The number of carbonyl (C=O) groups excluding carboxylic acids is 1. The van der Waals surface area contributed by atoms with Crippen LogP contribution in [-0.2, 0) is 6.18 Å². The summed E-state index contributed by atoms with van der Waals surface area (Å²) in [6, 6.07) is 1.03. The topological polar surface area (TPSA) is 77.5 Å². The lowest BCUT2D eigenvalue weighted by Gasteiger charge is -2.33. The van der Waals surface area contributed by atoms with Gasteiger partial charge in [0.15, 0.2) is 0 Å². The van der Waals surface area contributed by atoms with Crippen LogP contribution in [0.15, 0.2) is 12.3 Å². The highest BCUT2D eigenvalue weighted by atomic mass is 19.4. The maximum absolute atomic E-state index is 14.1. The van der Waals surface area contributed by atoms with Gasteiger partial charge < -0.3 is 20.0 Å². The van der Waals surface area contributed by atoms with Gasteiger partial charge in [0.1, 0.15) is 16.9 Å². The molecule has 4 fully saturated rings. The Kier molecular flexibility index (Phi) is 7.39. The summed E-state index contributed by atoms with van der Waals surface area (Å²) < 4.78 is 42.3. The third kappa shape index (κ3) is 5.64. The van der Waals surface area contributed by atoms with Gasteiger partial charge in [-0.1, -0.05) is 26.7 Å². The van der Waals surface area contributed by atoms with Crippen molar-refractivity contribution in [3.8, 4) is 0 Å². The summed E-state index contributed by atoms with van der Waals surface area (Å²) in [6.07, 6.45) is 2.20. The van der Waals surface area contributed by atoms with E-state index < -0.39 is 17.6 Å². The molecule has 11 heteroatoms. The highest BCUT2D eigenvalue weighted by Crippen LogP contribution is 2.61. The minimum atomic E-state index is -4.62. The first-order chi connectivity index (χ1) is 19.1. The monoisotopic (exact) mass is 559 g/mol. The van der Waals surface area contributed by atoms with Crippen molar-refractivity contribution in [2.24, 2.45) is 17.3 Å². The largest absolute Gasteiger partial charge is 0.418 e. The summed E-state index contributed by atoms with van der Waals surface area (Å²) in [6.45, 7) is 12.4. The van der Waals surface area contributed by atoms with E-state index in [9.17, 15) is 18.0 Å². The third-order valence-corrected chi connectivity index (χ3v) is 9.82. The van der Waals surface area contributed by atoms with Crippen molar-refractivity contribution < 1.29 is 18.0 Å². The number of nitrogens with zero attached hydrogens (tertiary/aromatic N) is 6. The number of hydrogen-bond acceptors (Lipinski definition) is 7. The zero-order chi connectivity index (χ0) is 28.1. The van der Waals surface area contributed by atoms with Gasteiger partial charge in [0, 0.05) is 58.4 Å². The minimum absolute atomic E-state index is 0.0473. The molecule has 1 saturated carbocycles. The molecule has 0 spiro atoms. The molecule has 6 rings (SSSR count). The SMILES string of the molecule is CC1(C)C2CN(CCN3CCC(NC(=O)c4ncc5nc(N6CCCCCC6)cc(C(F)(F)F)c5n4)CC3)CC21. The highest BCUT2D eigenvalue weighted by molar-refractivity contribution is 5.93. The van der Waals surface area contributed by atoms with Crippen LogP contribution in [0.1, 0.15) is 68.6 Å². The summed E-state index contributed by atoms with van der Waals surface area (Å²) in [7, 11) is 0. The number of carbonyl (C=O) groups is 1. The van der Waals surface area contributed by atoms with Crippen molar-refractivity contribution in [3.05, 3.63) is 23.7 Å². The third-order valence-electron chi connectivity index (χ3n) is 9.82. The maximum Gasteiger partial charge on any atom is 0.418 e. The van der Waals surface area contributed by atoms with Crippen molar-refractivity contribution in [2.45, 2.75) is 64.6 Å². The predicted octanol–water partition coefficient (Wildman–Crippen LogP) is 4.21. The number of likely N-dealkylation sites (tertiary alicyclic amines) is 2. The first-order valence-corrected chi connectivity index (χ1v) is 14.8. The van der Waals surface area contributed by atoms with Crippen LogP contribution in [0.25, 0.3) is 11.0 Å². The number of aromatic nitrogens is 3. The number of hydrogen-bond donors (Lipinski definition) is 1. The molecule has 0 radical (unpaired) electrons. The summed E-state index contributed by atoms with van der Waals surface area (Å²) >= 11 is 0. The van der Waals surface area contributed by atoms with Gasteiger partial charge in [0.25, 0.3) is 5.91 Å². The van der Waals surface area contributed by atoms with Gasteiger partial charge in [-0.2, -0.15) is 13.2 Å². The number of halogens is 3. The second-order valence-electron chi connectivity index (χ2n) is 12.7. The molecule has 1 amide bonds. The van der Waals surface area contributed by atoms with E-state index in [1.807, 2.05) is 4.90 Å². The average Bonchev–Trinajstić information content (AvgIpc) is 3.29. The van der Waals surface area contributed by atoms with Gasteiger partial charge >= 0.3 is 6.18 Å². The van der Waals surface area contributed by atoms with Crippen LogP contribution in [-0.4, -0.2) is 89.1 Å². The van der Waals surface area contributed by atoms with E-state index in [0.29, 0.717) is 24.3 Å². The molecule has 1 N–H and O–H groups in total. The molecular weight excluding hydrogens is 519 g/mol. The van der Waals surface area contributed by atoms with Gasteiger partial charge in [-0.25, -0.2) is 15.0 Å². The zero-order valence-electron chi connectivity index (χ0n) is 23.5. The maximum atomic E-state index is 14.1. The number of fused-ring (bicyclic) bond motifs is 2. The molecule has 3 aliphatic heterocycles. The molecule has 40 heavy (non-hydrogen) atoms. The Morgan fingerprint density at radius 3 is 2.27 bits per heavy atom. The molecule has 8 nitrogen and oxygen atoms in total. The van der Waals surface area contributed by atoms with Gasteiger partial charge in [-0.05, 0) is 49.0 Å². The second kappa shape index (κ2) is 10.7. The molecule has 2 atom stereocenters. The molecular formula is C29H40F3N7O. The lowest BCUT2D eigenvalue weighted by atomic mass is 10.0. The number of amides is 1. The van der Waals surface area contributed by atoms with Crippen molar-refractivity contribution in [2.75, 3.05) is 57.3 Å². The Labute approximate surface area is 233 Å². The summed E-state index contributed by atoms with van der Waals surface area (Å²) in [4.78, 5) is 32.6. The van der Waals surface area contributed by atoms with Crippen LogP contribution in [0, 0.1) is 17.3 Å². The molecule has 4 aliphatic rings. The summed E-state index contributed by atoms with van der Waals surface area (Å²) in [5, 5.41) is 2.96. The minimum Gasteiger partial charge on any atom is -0.357 e. The molecule has 2 unspecified atom stereocenters. The van der Waals surface area contributed by atoms with Gasteiger partial charge in [-0.15, -0.1) is 0 Å². The molecule has 5 heterocycles. The smallest absolute Gasteiger partial charge is 0.357 e. The van der Waals surface area contributed by atoms with E-state index in [1.165, 1.54) is 19.3 Å². The number of alkyl halides is 3. The van der Waals surface area contributed by atoms with E-state index in [4.69, 9.17) is 0 Å². The molecule has 0 aromatic carbocycles. The molecule has 1 aliphatic carbocycles. The fourth-order valence-electron chi connectivity index (χ4n) is 7.03. The lowest BCUT2D eigenvalue weighted by molar-refractivity contribution is -0.136. The van der Waals surface area contributed by atoms with E-state index in [0.717, 1.165) is 82.6 Å². The van der Waals surface area contributed by atoms with Crippen LogP contribution in [0.5, 0.6) is 0 Å². The standard InChI is InChI=1S/C29H40F3N7O/c1-28(2)21-17-38(18-22(21)28)14-13-37-11-7-19(8-12-37)34-27(40)26-33-16-23-25(36-26)20(29(30,31)32)15-24(35-23)39-9-5-3-4-6-10-39/h15-16,19,21-22H,3-14,17-18H2,1-2H3,(H,34,40). The van der Waals surface area contributed by atoms with Crippen LogP contribution in [0.3, 0.4) is 0 Å². The first kappa shape index (κ1) is 27.6. The normalized spacial score (nSPS) is 26.1. The fourth-order valence-corrected chi connectivity index (χ4v) is 7.03. The molecule has 3 saturated heterocycles. The van der Waals surface area contributed by atoms with Crippen LogP contribution < -0.4 is 10.2 Å². The number of anilines is 1.